The predicted molar refractivity (Wildman–Crippen MR) is 398 cm³/mol. The second kappa shape index (κ2) is 22.8. The van der Waals surface area contributed by atoms with Crippen molar-refractivity contribution in [2.24, 2.45) is 0 Å². The molecule has 18 rings (SSSR count). The molecule has 442 valence electrons. The van der Waals surface area contributed by atoms with E-state index in [1.807, 2.05) is 0 Å². The topological polar surface area (TPSA) is 38.6 Å². The maximum atomic E-state index is 13.2. The quantitative estimate of drug-likeness (QED) is 0.127. The van der Waals surface area contributed by atoms with Crippen LogP contribution >= 0.6 is 0 Å². The summed E-state index contributed by atoms with van der Waals surface area (Å²) >= 11 is 0. The largest absolute Gasteiger partial charge is 0.308 e. The van der Waals surface area contributed by atoms with E-state index in [9.17, 15) is 5.26 Å². The average molecular weight is 1210 g/mol. The van der Waals surface area contributed by atoms with Gasteiger partial charge in [-0.05, 0) is 151 Å². The molecule has 15 aromatic carbocycles. The van der Waals surface area contributed by atoms with Gasteiger partial charge in [-0.2, -0.15) is 5.26 Å². The van der Waals surface area contributed by atoms with Crippen LogP contribution in [-0.2, 0) is 0 Å². The van der Waals surface area contributed by atoms with Crippen LogP contribution in [0, 0.1) is 11.3 Å². The maximum Gasteiger partial charge on any atom is 0.104 e. The zero-order valence-electron chi connectivity index (χ0n) is 51.8. The lowest BCUT2D eigenvalue weighted by Gasteiger charge is -2.28. The lowest BCUT2D eigenvalue weighted by atomic mass is 9.88. The number of hydrogen-bond donors (Lipinski definition) is 0. The van der Waals surface area contributed by atoms with Gasteiger partial charge in [0.1, 0.15) is 11.6 Å². The van der Waals surface area contributed by atoms with Crippen molar-refractivity contribution in [3.8, 4) is 112 Å². The van der Waals surface area contributed by atoms with Gasteiger partial charge in [0.15, 0.2) is 0 Å². The van der Waals surface area contributed by atoms with E-state index in [1.165, 1.54) is 0 Å². The molecule has 0 unspecified atom stereocenters. The van der Waals surface area contributed by atoms with Gasteiger partial charge in [0.25, 0.3) is 0 Å². The number of benzene rings is 15. The summed E-state index contributed by atoms with van der Waals surface area (Å²) in [4.78, 5) is 0. The van der Waals surface area contributed by atoms with Gasteiger partial charge in [-0.1, -0.05) is 279 Å². The molecule has 95 heavy (non-hydrogen) atoms. The Bertz CT molecular complexity index is 5470. The Hall–Kier alpha value is -12.8. The first-order valence-corrected chi connectivity index (χ1v) is 32.4. The Morgan fingerprint density at radius 2 is 0.358 bits per heavy atom. The Kier molecular flexibility index (Phi) is 13.2. The van der Waals surface area contributed by atoms with Crippen molar-refractivity contribution in [1.82, 2.24) is 13.7 Å². The molecule has 0 aliphatic rings. The fourth-order valence-electron chi connectivity index (χ4n) is 14.9. The minimum absolute atomic E-state index is 0.529. The molecule has 0 bridgehead atoms. The van der Waals surface area contributed by atoms with Gasteiger partial charge >= 0.3 is 0 Å². The van der Waals surface area contributed by atoms with E-state index in [2.05, 4.69) is 372 Å². The molecule has 0 saturated heterocycles. The first kappa shape index (κ1) is 55.1. The van der Waals surface area contributed by atoms with E-state index < -0.39 is 0 Å². The third-order valence-corrected chi connectivity index (χ3v) is 19.3. The summed E-state index contributed by atoms with van der Waals surface area (Å²) in [5, 5.41) is 19.7. The van der Waals surface area contributed by atoms with Crippen LogP contribution in [0.4, 0.5) is 0 Å². The molecule has 0 amide bonds. The highest BCUT2D eigenvalue weighted by atomic mass is 15.1. The lowest BCUT2D eigenvalue weighted by molar-refractivity contribution is 1.09. The van der Waals surface area contributed by atoms with Crippen LogP contribution in [0.15, 0.2) is 352 Å². The third kappa shape index (κ3) is 9.20. The Morgan fingerprint density at radius 1 is 0.179 bits per heavy atom. The molecule has 0 spiro atoms. The Balaban J connectivity index is 1.08. The molecule has 3 heterocycles. The zero-order chi connectivity index (χ0) is 62.9. The number of aromatic nitrogens is 3. The summed E-state index contributed by atoms with van der Waals surface area (Å²) in [6.45, 7) is 0. The highest BCUT2D eigenvalue weighted by Gasteiger charge is 2.34. The van der Waals surface area contributed by atoms with E-state index in [4.69, 9.17) is 0 Å². The first-order valence-electron chi connectivity index (χ1n) is 32.4. The van der Waals surface area contributed by atoms with Crippen molar-refractivity contribution >= 4 is 65.4 Å². The summed E-state index contributed by atoms with van der Waals surface area (Å²) in [6.07, 6.45) is 0. The van der Waals surface area contributed by atoms with Gasteiger partial charge in [0.05, 0.1) is 50.2 Å². The normalized spacial score (nSPS) is 11.6. The van der Waals surface area contributed by atoms with Crippen molar-refractivity contribution in [2.45, 2.75) is 0 Å². The van der Waals surface area contributed by atoms with Gasteiger partial charge in [-0.3, -0.25) is 0 Å². The molecule has 0 fully saturated rings. The van der Waals surface area contributed by atoms with Gasteiger partial charge in [0.2, 0.25) is 0 Å². The minimum atomic E-state index is 0.529. The summed E-state index contributed by atoms with van der Waals surface area (Å²) in [5.74, 6) is 0. The van der Waals surface area contributed by atoms with E-state index in [0.717, 1.165) is 171 Å². The first-order chi connectivity index (χ1) is 47.1. The van der Waals surface area contributed by atoms with Crippen LogP contribution in [-0.4, -0.2) is 13.7 Å². The molecule has 4 nitrogen and oxygen atoms in total. The van der Waals surface area contributed by atoms with Crippen molar-refractivity contribution in [3.05, 3.63) is 357 Å². The number of nitrogens with zero attached hydrogens (tertiary/aromatic N) is 4. The smallest absolute Gasteiger partial charge is 0.104 e. The molecule has 3 aromatic heterocycles. The van der Waals surface area contributed by atoms with E-state index in [0.29, 0.717) is 5.56 Å². The van der Waals surface area contributed by atoms with Crippen LogP contribution in [0.1, 0.15) is 5.56 Å². The second-order valence-electron chi connectivity index (χ2n) is 24.6. The van der Waals surface area contributed by atoms with Gasteiger partial charge in [-0.15, -0.1) is 0 Å². The fraction of sp³-hybridized carbons (Fsp3) is 0. The van der Waals surface area contributed by atoms with Crippen molar-refractivity contribution in [3.63, 3.8) is 0 Å². The molecular formula is C91H58N4. The molecule has 0 atom stereocenters. The van der Waals surface area contributed by atoms with Crippen LogP contribution in [0.3, 0.4) is 0 Å². The van der Waals surface area contributed by atoms with Crippen molar-refractivity contribution < 1.29 is 0 Å². The second-order valence-corrected chi connectivity index (χ2v) is 24.6. The number of hydrogen-bond acceptors (Lipinski definition) is 1. The van der Waals surface area contributed by atoms with Gasteiger partial charge in [0, 0.05) is 43.4 Å². The highest BCUT2D eigenvalue weighted by molar-refractivity contribution is 6.18. The number of nitriles is 1. The van der Waals surface area contributed by atoms with Crippen LogP contribution in [0.5, 0.6) is 0 Å². The standard InChI is InChI=1S/C91H58N4/c92-59-80-89(93-81-47-41-68(60-25-9-1-10-26-60)53-74(81)75-54-69(42-48-82(75)93)61-27-11-2-12-28-61)87(66-37-21-7-22-38-66)91(95-85-51-45-72(64-33-17-5-18-34-64)57-78(85)79-58-73(46-52-86(79)95)65-35-19-6-20-36-65)88(67-39-23-8-24-40-67)90(80)94-83-49-43-70(62-29-13-3-14-30-62)55-76(83)77-56-71(44-50-84(77)94)63-31-15-4-16-32-63/h1-58H. The van der Waals surface area contributed by atoms with Crippen molar-refractivity contribution in [1.29, 1.82) is 5.26 Å². The molecule has 0 N–H and O–H groups in total. The van der Waals surface area contributed by atoms with Crippen molar-refractivity contribution in [2.75, 3.05) is 0 Å². The molecular weight excluding hydrogens is 1150 g/mol. The summed E-state index contributed by atoms with van der Waals surface area (Å²) in [5.41, 5.74) is 26.2. The summed E-state index contributed by atoms with van der Waals surface area (Å²) < 4.78 is 7.40. The molecule has 0 aliphatic carbocycles. The minimum Gasteiger partial charge on any atom is -0.308 e. The molecule has 0 radical (unpaired) electrons. The molecule has 4 heteroatoms. The van der Waals surface area contributed by atoms with Crippen LogP contribution in [0.25, 0.3) is 171 Å². The average Bonchev–Trinajstić information content (AvgIpc) is 1.58. The third-order valence-electron chi connectivity index (χ3n) is 19.3. The lowest BCUT2D eigenvalue weighted by Crippen LogP contribution is -2.13. The number of rotatable bonds is 11. The SMILES string of the molecule is N#Cc1c(-n2c3ccc(-c4ccccc4)cc3c3cc(-c4ccccc4)ccc32)c(-c2ccccc2)c(-n2c3ccc(-c4ccccc4)cc3c3cc(-c4ccccc4)ccc32)c(-c2ccccc2)c1-n1c2ccc(-c3ccccc3)cc2c2cc(-c3ccccc3)ccc21. The summed E-state index contributed by atoms with van der Waals surface area (Å²) in [6, 6.07) is 130. The van der Waals surface area contributed by atoms with Crippen LogP contribution < -0.4 is 0 Å². The van der Waals surface area contributed by atoms with Gasteiger partial charge < -0.3 is 13.7 Å². The zero-order valence-corrected chi connectivity index (χ0v) is 51.8. The van der Waals surface area contributed by atoms with Gasteiger partial charge in [-0.25, -0.2) is 0 Å². The monoisotopic (exact) mass is 1210 g/mol. The maximum absolute atomic E-state index is 13.2. The fourth-order valence-corrected chi connectivity index (χ4v) is 14.9. The Labute approximate surface area is 550 Å². The highest BCUT2D eigenvalue weighted by Crippen LogP contribution is 2.53. The predicted octanol–water partition coefficient (Wildman–Crippen LogP) is 24.2. The summed E-state index contributed by atoms with van der Waals surface area (Å²) in [7, 11) is 0. The molecule has 0 saturated carbocycles. The van der Waals surface area contributed by atoms with E-state index in [1.54, 1.807) is 0 Å². The number of fused-ring (bicyclic) bond motifs is 9. The van der Waals surface area contributed by atoms with E-state index in [-0.39, 0.29) is 0 Å². The molecule has 0 aliphatic heterocycles. The van der Waals surface area contributed by atoms with Crippen LogP contribution in [0.2, 0.25) is 0 Å². The van der Waals surface area contributed by atoms with E-state index >= 15 is 0 Å². The Morgan fingerprint density at radius 3 is 0.547 bits per heavy atom. The molecule has 18 aromatic rings.